The molecule has 0 bridgehead atoms. The molecule has 0 N–H and O–H groups in total. The molecule has 0 amide bonds. The van der Waals surface area contributed by atoms with Gasteiger partial charge in [0.1, 0.15) is 5.82 Å². The summed E-state index contributed by atoms with van der Waals surface area (Å²) < 4.78 is 40.6. The summed E-state index contributed by atoms with van der Waals surface area (Å²) >= 11 is 3.34. The fourth-order valence-corrected chi connectivity index (χ4v) is 3.39. The van der Waals surface area contributed by atoms with Crippen LogP contribution in [0.5, 0.6) is 0 Å². The van der Waals surface area contributed by atoms with E-state index in [0.29, 0.717) is 5.56 Å². The zero-order chi connectivity index (χ0) is 15.6. The molecular formula is C15H15BrFNO2S. The lowest BCUT2D eigenvalue weighted by Gasteiger charge is -2.18. The normalized spacial score (nSPS) is 11.9. The molecule has 0 unspecified atom stereocenters. The highest BCUT2D eigenvalue weighted by atomic mass is 79.9. The summed E-state index contributed by atoms with van der Waals surface area (Å²) in [6.45, 7) is 1.81. The molecule has 2 aromatic carbocycles. The van der Waals surface area contributed by atoms with Gasteiger partial charge in [-0.25, -0.2) is 12.8 Å². The molecule has 0 heterocycles. The third-order valence-electron chi connectivity index (χ3n) is 3.19. The highest BCUT2D eigenvalue weighted by molar-refractivity contribution is 9.10. The van der Waals surface area contributed by atoms with Gasteiger partial charge in [0.05, 0.1) is 4.90 Å². The van der Waals surface area contributed by atoms with Gasteiger partial charge in [-0.1, -0.05) is 34.1 Å². The molecule has 0 aromatic heterocycles. The van der Waals surface area contributed by atoms with Crippen molar-refractivity contribution in [3.05, 3.63) is 63.9 Å². The number of hydrogen-bond acceptors (Lipinski definition) is 2. The first kappa shape index (κ1) is 16.1. The number of aryl methyl sites for hydroxylation is 1. The zero-order valence-electron chi connectivity index (χ0n) is 11.7. The first-order chi connectivity index (χ1) is 9.82. The maximum atomic E-state index is 13.6. The van der Waals surface area contributed by atoms with E-state index in [-0.39, 0.29) is 11.4 Å². The molecule has 0 radical (unpaired) electrons. The van der Waals surface area contributed by atoms with Crippen LogP contribution in [0.2, 0.25) is 0 Å². The van der Waals surface area contributed by atoms with Crippen molar-refractivity contribution in [2.75, 3.05) is 7.05 Å². The van der Waals surface area contributed by atoms with Gasteiger partial charge in [-0.3, -0.25) is 0 Å². The molecule has 3 nitrogen and oxygen atoms in total. The maximum Gasteiger partial charge on any atom is 0.243 e. The Labute approximate surface area is 132 Å². The molecule has 0 aliphatic carbocycles. The second kappa shape index (κ2) is 6.25. The summed E-state index contributed by atoms with van der Waals surface area (Å²) in [6.07, 6.45) is 0. The average Bonchev–Trinajstić information content (AvgIpc) is 2.44. The summed E-state index contributed by atoms with van der Waals surface area (Å²) in [7, 11) is -2.20. The topological polar surface area (TPSA) is 37.4 Å². The Morgan fingerprint density at radius 2 is 1.86 bits per heavy atom. The van der Waals surface area contributed by atoms with E-state index in [4.69, 9.17) is 0 Å². The predicted molar refractivity (Wildman–Crippen MR) is 83.9 cm³/mol. The number of hydrogen-bond donors (Lipinski definition) is 0. The monoisotopic (exact) mass is 371 g/mol. The fourth-order valence-electron chi connectivity index (χ4n) is 1.91. The van der Waals surface area contributed by atoms with E-state index in [1.165, 1.54) is 19.2 Å². The molecule has 0 aliphatic heterocycles. The van der Waals surface area contributed by atoms with Crippen LogP contribution in [-0.4, -0.2) is 19.8 Å². The Morgan fingerprint density at radius 1 is 1.19 bits per heavy atom. The number of halogens is 2. The van der Waals surface area contributed by atoms with Gasteiger partial charge in [-0.2, -0.15) is 4.31 Å². The lowest BCUT2D eigenvalue weighted by molar-refractivity contribution is 0.456. The molecule has 0 aliphatic rings. The van der Waals surface area contributed by atoms with Crippen LogP contribution in [0.25, 0.3) is 0 Å². The van der Waals surface area contributed by atoms with Crippen LogP contribution in [0.15, 0.2) is 51.8 Å². The summed E-state index contributed by atoms with van der Waals surface area (Å²) in [5, 5.41) is 0. The molecule has 0 saturated carbocycles. The summed E-state index contributed by atoms with van der Waals surface area (Å²) in [5.74, 6) is -0.411. The first-order valence-electron chi connectivity index (χ1n) is 6.28. The molecule has 0 atom stereocenters. The van der Waals surface area contributed by atoms with Gasteiger partial charge in [0.2, 0.25) is 10.0 Å². The Bertz CT molecular complexity index is 762. The third-order valence-corrected chi connectivity index (χ3v) is 5.88. The zero-order valence-corrected chi connectivity index (χ0v) is 14.1. The van der Waals surface area contributed by atoms with E-state index in [0.717, 1.165) is 14.3 Å². The Hall–Kier alpha value is -1.24. The van der Waals surface area contributed by atoms with Gasteiger partial charge in [-0.15, -0.1) is 0 Å². The molecule has 112 valence electrons. The smallest absolute Gasteiger partial charge is 0.207 e. The Kier molecular flexibility index (Phi) is 4.81. The molecule has 0 saturated heterocycles. The van der Waals surface area contributed by atoms with Crippen LogP contribution in [0, 0.1) is 12.7 Å². The number of rotatable bonds is 4. The number of benzene rings is 2. The SMILES string of the molecule is Cc1cc(S(=O)(=O)N(C)Cc2ccccc2F)ccc1Br. The lowest BCUT2D eigenvalue weighted by atomic mass is 10.2. The highest BCUT2D eigenvalue weighted by Gasteiger charge is 2.22. The minimum absolute atomic E-state index is 0.00980. The van der Waals surface area contributed by atoms with E-state index in [1.807, 2.05) is 6.92 Å². The second-order valence-corrected chi connectivity index (χ2v) is 7.66. The number of sulfonamides is 1. The van der Waals surface area contributed by atoms with E-state index in [1.54, 1.807) is 30.3 Å². The largest absolute Gasteiger partial charge is 0.243 e. The van der Waals surface area contributed by atoms with Crippen LogP contribution in [0.1, 0.15) is 11.1 Å². The van der Waals surface area contributed by atoms with Crippen molar-refractivity contribution in [3.63, 3.8) is 0 Å². The summed E-state index contributed by atoms with van der Waals surface area (Å²) in [6, 6.07) is 11.0. The lowest BCUT2D eigenvalue weighted by Crippen LogP contribution is -2.27. The maximum absolute atomic E-state index is 13.6. The molecule has 0 spiro atoms. The van der Waals surface area contributed by atoms with Gasteiger partial charge in [0.25, 0.3) is 0 Å². The molecule has 2 rings (SSSR count). The van der Waals surface area contributed by atoms with Crippen LogP contribution < -0.4 is 0 Å². The number of nitrogens with zero attached hydrogens (tertiary/aromatic N) is 1. The molecule has 6 heteroatoms. The highest BCUT2D eigenvalue weighted by Crippen LogP contribution is 2.23. The second-order valence-electron chi connectivity index (χ2n) is 4.76. The van der Waals surface area contributed by atoms with Crippen LogP contribution in [-0.2, 0) is 16.6 Å². The molecular weight excluding hydrogens is 357 g/mol. The Morgan fingerprint density at radius 3 is 2.48 bits per heavy atom. The van der Waals surface area contributed by atoms with Gasteiger partial charge in [0, 0.05) is 23.6 Å². The van der Waals surface area contributed by atoms with Gasteiger partial charge >= 0.3 is 0 Å². The Balaban J connectivity index is 2.30. The van der Waals surface area contributed by atoms with Crippen LogP contribution in [0.3, 0.4) is 0 Å². The summed E-state index contributed by atoms with van der Waals surface area (Å²) in [4.78, 5) is 0.196. The van der Waals surface area contributed by atoms with Crippen molar-refractivity contribution in [2.45, 2.75) is 18.4 Å². The minimum Gasteiger partial charge on any atom is -0.207 e. The standard InChI is InChI=1S/C15H15BrFNO2S/c1-11-9-13(7-8-14(11)16)21(19,20)18(2)10-12-5-3-4-6-15(12)17/h3-9H,10H2,1-2H3. The molecule has 2 aromatic rings. The van der Waals surface area contributed by atoms with Crippen LogP contribution >= 0.6 is 15.9 Å². The van der Waals surface area contributed by atoms with Crippen molar-refractivity contribution in [2.24, 2.45) is 0 Å². The van der Waals surface area contributed by atoms with E-state index >= 15 is 0 Å². The molecule has 0 fully saturated rings. The molecule has 21 heavy (non-hydrogen) atoms. The fraction of sp³-hybridized carbons (Fsp3) is 0.200. The van der Waals surface area contributed by atoms with Gasteiger partial charge < -0.3 is 0 Å². The van der Waals surface area contributed by atoms with Gasteiger partial charge in [-0.05, 0) is 36.8 Å². The van der Waals surface area contributed by atoms with Crippen molar-refractivity contribution in [1.29, 1.82) is 0 Å². The van der Waals surface area contributed by atoms with Crippen molar-refractivity contribution >= 4 is 26.0 Å². The van der Waals surface area contributed by atoms with E-state index < -0.39 is 15.8 Å². The predicted octanol–water partition coefficient (Wildman–Crippen LogP) is 3.72. The van der Waals surface area contributed by atoms with Crippen molar-refractivity contribution in [3.8, 4) is 0 Å². The van der Waals surface area contributed by atoms with Crippen LogP contribution in [0.4, 0.5) is 4.39 Å². The summed E-state index contributed by atoms with van der Waals surface area (Å²) in [5.41, 5.74) is 1.17. The van der Waals surface area contributed by atoms with Crippen molar-refractivity contribution in [1.82, 2.24) is 4.31 Å². The van der Waals surface area contributed by atoms with Gasteiger partial charge in [0.15, 0.2) is 0 Å². The van der Waals surface area contributed by atoms with E-state index in [9.17, 15) is 12.8 Å². The quantitative estimate of drug-likeness (QED) is 0.821. The third kappa shape index (κ3) is 3.51. The van der Waals surface area contributed by atoms with Crippen molar-refractivity contribution < 1.29 is 12.8 Å². The first-order valence-corrected chi connectivity index (χ1v) is 8.51. The average molecular weight is 372 g/mol. The van der Waals surface area contributed by atoms with E-state index in [2.05, 4.69) is 15.9 Å². The minimum atomic E-state index is -3.65.